The minimum absolute atomic E-state index is 0.0262. The molecule has 132 valence electrons. The number of nitrogens with one attached hydrogen (secondary N) is 2. The van der Waals surface area contributed by atoms with Gasteiger partial charge in [0.25, 0.3) is 11.8 Å². The van der Waals surface area contributed by atoms with Gasteiger partial charge < -0.3 is 14.5 Å². The number of benzene rings is 1. The van der Waals surface area contributed by atoms with E-state index in [0.29, 0.717) is 11.3 Å². The molecule has 1 aliphatic heterocycles. The van der Waals surface area contributed by atoms with Gasteiger partial charge in [-0.2, -0.15) is 0 Å². The van der Waals surface area contributed by atoms with Crippen molar-refractivity contribution >= 4 is 41.2 Å². The normalized spacial score (nSPS) is 14.1. The van der Waals surface area contributed by atoms with Crippen LogP contribution in [-0.4, -0.2) is 27.5 Å². The van der Waals surface area contributed by atoms with Gasteiger partial charge in [0.15, 0.2) is 5.11 Å². The summed E-state index contributed by atoms with van der Waals surface area (Å²) in [5.74, 6) is -2.40. The van der Waals surface area contributed by atoms with Crippen LogP contribution in [0.2, 0.25) is 0 Å². The number of aryl methyl sites for hydroxylation is 1. The molecular formula is C18H14N3O4S-. The Labute approximate surface area is 154 Å². The summed E-state index contributed by atoms with van der Waals surface area (Å²) in [6.07, 6.45) is 1.48. The minimum atomic E-state index is -1.26. The van der Waals surface area contributed by atoms with Gasteiger partial charge in [0.1, 0.15) is 5.57 Å². The van der Waals surface area contributed by atoms with Crippen molar-refractivity contribution in [1.29, 1.82) is 0 Å². The standard InChI is InChI=1S/C18H15N3O4S/c1-9-6-12(8-14-15(22)19-18(26)20-16(14)23)10(2)21(9)13-5-3-4-11(7-13)17(24)25/h3-8H,1-2H3,(H,24,25)(H2,19,20,22,23,26)/p-1. The molecule has 0 radical (unpaired) electrons. The van der Waals surface area contributed by atoms with Gasteiger partial charge >= 0.3 is 0 Å². The van der Waals surface area contributed by atoms with Crippen LogP contribution < -0.4 is 15.7 Å². The summed E-state index contributed by atoms with van der Waals surface area (Å²) >= 11 is 4.78. The molecule has 2 heterocycles. The van der Waals surface area contributed by atoms with Gasteiger partial charge in [0.05, 0.1) is 5.97 Å². The maximum Gasteiger partial charge on any atom is 0.263 e. The first-order chi connectivity index (χ1) is 12.3. The number of hydrogen-bond acceptors (Lipinski definition) is 5. The first-order valence-electron chi connectivity index (χ1n) is 7.67. The SMILES string of the molecule is Cc1cc(C=C2C(=O)NC(=S)NC2=O)c(C)n1-c1cccc(C(=O)[O-])c1. The van der Waals surface area contributed by atoms with E-state index in [1.165, 1.54) is 18.2 Å². The van der Waals surface area contributed by atoms with Gasteiger partial charge in [-0.05, 0) is 61.5 Å². The van der Waals surface area contributed by atoms with E-state index in [2.05, 4.69) is 10.6 Å². The zero-order chi connectivity index (χ0) is 19.0. The zero-order valence-electron chi connectivity index (χ0n) is 14.0. The van der Waals surface area contributed by atoms with Gasteiger partial charge in [-0.25, -0.2) is 0 Å². The quantitative estimate of drug-likeness (QED) is 0.463. The third kappa shape index (κ3) is 3.14. The Balaban J connectivity index is 2.07. The highest BCUT2D eigenvalue weighted by Gasteiger charge is 2.26. The lowest BCUT2D eigenvalue weighted by molar-refractivity contribution is -0.255. The third-order valence-electron chi connectivity index (χ3n) is 4.05. The predicted octanol–water partition coefficient (Wildman–Crippen LogP) is 0.372. The molecule has 2 aromatic rings. The van der Waals surface area contributed by atoms with Crippen LogP contribution in [0.1, 0.15) is 27.3 Å². The second-order valence-corrected chi connectivity index (χ2v) is 6.20. The number of nitrogens with zero attached hydrogens (tertiary/aromatic N) is 1. The number of hydrogen-bond donors (Lipinski definition) is 2. The first-order valence-corrected chi connectivity index (χ1v) is 8.08. The summed E-state index contributed by atoms with van der Waals surface area (Å²) in [6.45, 7) is 3.66. The van der Waals surface area contributed by atoms with Gasteiger partial charge in [0, 0.05) is 17.1 Å². The summed E-state index contributed by atoms with van der Waals surface area (Å²) in [4.78, 5) is 35.1. The summed E-state index contributed by atoms with van der Waals surface area (Å²) in [6, 6.07) is 8.16. The molecule has 1 fully saturated rings. The Bertz CT molecular complexity index is 982. The second kappa shape index (κ2) is 6.57. The molecule has 8 heteroatoms. The molecule has 0 aliphatic carbocycles. The fourth-order valence-corrected chi connectivity index (χ4v) is 3.05. The van der Waals surface area contributed by atoms with E-state index in [4.69, 9.17) is 12.2 Å². The second-order valence-electron chi connectivity index (χ2n) is 5.80. The largest absolute Gasteiger partial charge is 0.545 e. The summed E-state index contributed by atoms with van der Waals surface area (Å²) in [5.41, 5.74) is 2.88. The van der Waals surface area contributed by atoms with Gasteiger partial charge in [-0.15, -0.1) is 0 Å². The molecule has 0 saturated carbocycles. The van der Waals surface area contributed by atoms with E-state index >= 15 is 0 Å². The number of aromatic carboxylic acids is 1. The molecule has 1 saturated heterocycles. The van der Waals surface area contributed by atoms with Crippen molar-refractivity contribution in [3.8, 4) is 5.69 Å². The van der Waals surface area contributed by atoms with E-state index < -0.39 is 17.8 Å². The summed E-state index contributed by atoms with van der Waals surface area (Å²) in [5, 5.41) is 15.8. The third-order valence-corrected chi connectivity index (χ3v) is 4.26. The van der Waals surface area contributed by atoms with Crippen LogP contribution >= 0.6 is 12.2 Å². The Morgan fingerprint density at radius 1 is 1.15 bits per heavy atom. The highest BCUT2D eigenvalue weighted by molar-refractivity contribution is 7.80. The number of thiocarbonyl (C=S) groups is 1. The number of carboxylic acids is 1. The average molecular weight is 368 g/mol. The van der Waals surface area contributed by atoms with Gasteiger partial charge in [-0.1, -0.05) is 12.1 Å². The van der Waals surface area contributed by atoms with Gasteiger partial charge in [-0.3, -0.25) is 20.2 Å². The Morgan fingerprint density at radius 3 is 2.42 bits per heavy atom. The average Bonchev–Trinajstić information content (AvgIpc) is 2.84. The van der Waals surface area contributed by atoms with Crippen LogP contribution in [0, 0.1) is 13.8 Å². The molecule has 0 atom stereocenters. The van der Waals surface area contributed by atoms with E-state index in [-0.39, 0.29) is 16.2 Å². The molecule has 7 nitrogen and oxygen atoms in total. The molecule has 1 aliphatic rings. The molecule has 1 aromatic carbocycles. The van der Waals surface area contributed by atoms with Crippen molar-refractivity contribution in [2.75, 3.05) is 0 Å². The topological polar surface area (TPSA) is 103 Å². The molecule has 1 aromatic heterocycles. The van der Waals surface area contributed by atoms with Crippen LogP contribution in [0.15, 0.2) is 35.9 Å². The lowest BCUT2D eigenvalue weighted by Crippen LogP contribution is -2.51. The van der Waals surface area contributed by atoms with Crippen molar-refractivity contribution in [3.63, 3.8) is 0 Å². The predicted molar refractivity (Wildman–Crippen MR) is 96.4 cm³/mol. The molecule has 0 unspecified atom stereocenters. The summed E-state index contributed by atoms with van der Waals surface area (Å²) < 4.78 is 1.84. The van der Waals surface area contributed by atoms with Crippen LogP contribution in [0.25, 0.3) is 11.8 Å². The maximum atomic E-state index is 12.0. The molecule has 2 amide bonds. The molecule has 2 N–H and O–H groups in total. The highest BCUT2D eigenvalue weighted by atomic mass is 32.1. The van der Waals surface area contributed by atoms with Crippen LogP contribution in [-0.2, 0) is 9.59 Å². The fourth-order valence-electron chi connectivity index (χ4n) is 2.86. The van der Waals surface area contributed by atoms with E-state index in [0.717, 1.165) is 11.4 Å². The zero-order valence-corrected chi connectivity index (χ0v) is 14.8. The lowest BCUT2D eigenvalue weighted by atomic mass is 10.1. The van der Waals surface area contributed by atoms with Crippen LogP contribution in [0.4, 0.5) is 0 Å². The molecule has 26 heavy (non-hydrogen) atoms. The van der Waals surface area contributed by atoms with Crippen LogP contribution in [0.3, 0.4) is 0 Å². The number of rotatable bonds is 3. The fraction of sp³-hybridized carbons (Fsp3) is 0.111. The van der Waals surface area contributed by atoms with Crippen LogP contribution in [0.5, 0.6) is 0 Å². The minimum Gasteiger partial charge on any atom is -0.545 e. The van der Waals surface area contributed by atoms with Crippen molar-refractivity contribution in [2.24, 2.45) is 0 Å². The Morgan fingerprint density at radius 2 is 1.81 bits per heavy atom. The van der Waals surface area contributed by atoms with Crippen molar-refractivity contribution in [2.45, 2.75) is 13.8 Å². The first kappa shape index (κ1) is 17.6. The highest BCUT2D eigenvalue weighted by Crippen LogP contribution is 2.24. The Kier molecular flexibility index (Phi) is 4.43. The molecule has 0 spiro atoms. The van der Waals surface area contributed by atoms with Crippen molar-refractivity contribution in [1.82, 2.24) is 15.2 Å². The maximum absolute atomic E-state index is 12.0. The number of carbonyl (C=O) groups excluding carboxylic acids is 3. The van der Waals surface area contributed by atoms with E-state index in [1.54, 1.807) is 12.1 Å². The lowest BCUT2D eigenvalue weighted by Gasteiger charge is -2.16. The summed E-state index contributed by atoms with van der Waals surface area (Å²) in [7, 11) is 0. The molecule has 0 bridgehead atoms. The van der Waals surface area contributed by atoms with Gasteiger partial charge in [0.2, 0.25) is 0 Å². The number of carbonyl (C=O) groups is 3. The van der Waals surface area contributed by atoms with E-state index in [1.807, 2.05) is 24.5 Å². The smallest absolute Gasteiger partial charge is 0.263 e. The van der Waals surface area contributed by atoms with E-state index in [9.17, 15) is 19.5 Å². The molecule has 3 rings (SSSR count). The molecular weight excluding hydrogens is 354 g/mol. The van der Waals surface area contributed by atoms with Crippen molar-refractivity contribution in [3.05, 3.63) is 58.4 Å². The Hall–Kier alpha value is -3.26. The number of aromatic nitrogens is 1. The number of carboxylic acid groups (broad SMARTS) is 1. The monoisotopic (exact) mass is 368 g/mol. The number of amides is 2. The van der Waals surface area contributed by atoms with Crippen molar-refractivity contribution < 1.29 is 19.5 Å².